The number of rotatable bonds is 6. The van der Waals surface area contributed by atoms with E-state index in [0.717, 1.165) is 34.0 Å². The van der Waals surface area contributed by atoms with Crippen molar-refractivity contribution in [2.45, 2.75) is 39.9 Å². The summed E-state index contributed by atoms with van der Waals surface area (Å²) in [7, 11) is 0. The molecule has 0 amide bonds. The van der Waals surface area contributed by atoms with Crippen molar-refractivity contribution in [3.63, 3.8) is 0 Å². The maximum atomic E-state index is 5.70. The van der Waals surface area contributed by atoms with Crippen molar-refractivity contribution in [3.05, 3.63) is 66.7 Å². The fourth-order valence-corrected chi connectivity index (χ4v) is 2.71. The van der Waals surface area contributed by atoms with Gasteiger partial charge >= 0.3 is 0 Å². The molecule has 1 aromatic heterocycles. The van der Waals surface area contributed by atoms with E-state index >= 15 is 0 Å². The Hall–Kier alpha value is -2.81. The molecule has 0 unspecified atom stereocenters. The highest BCUT2D eigenvalue weighted by Gasteiger charge is 2.05. The number of pyridine rings is 1. The van der Waals surface area contributed by atoms with Crippen molar-refractivity contribution in [1.29, 1.82) is 0 Å². The molecule has 0 spiro atoms. The average molecular weight is 347 g/mol. The summed E-state index contributed by atoms with van der Waals surface area (Å²) in [5.41, 5.74) is 4.03. The van der Waals surface area contributed by atoms with E-state index in [1.54, 1.807) is 0 Å². The Labute approximate surface area is 155 Å². The van der Waals surface area contributed by atoms with Gasteiger partial charge in [-0.3, -0.25) is 0 Å². The van der Waals surface area contributed by atoms with Gasteiger partial charge in [0.2, 0.25) is 0 Å². The molecule has 0 aliphatic carbocycles. The Morgan fingerprint density at radius 3 is 1.31 bits per heavy atom. The molecule has 0 aliphatic heterocycles. The highest BCUT2D eigenvalue weighted by molar-refractivity contribution is 5.66. The van der Waals surface area contributed by atoms with E-state index in [1.165, 1.54) is 0 Å². The summed E-state index contributed by atoms with van der Waals surface area (Å²) < 4.78 is 11.4. The second kappa shape index (κ2) is 8.05. The Morgan fingerprint density at radius 1 is 0.577 bits per heavy atom. The van der Waals surface area contributed by atoms with Crippen LogP contribution in [0.3, 0.4) is 0 Å². The van der Waals surface area contributed by atoms with Crippen LogP contribution in [-0.2, 0) is 0 Å². The highest BCUT2D eigenvalue weighted by Crippen LogP contribution is 2.26. The minimum Gasteiger partial charge on any atom is -0.491 e. The van der Waals surface area contributed by atoms with Crippen LogP contribution in [0.25, 0.3) is 22.5 Å². The highest BCUT2D eigenvalue weighted by atomic mass is 16.5. The van der Waals surface area contributed by atoms with Crippen molar-refractivity contribution in [3.8, 4) is 34.0 Å². The fourth-order valence-electron chi connectivity index (χ4n) is 2.71. The third-order valence-corrected chi connectivity index (χ3v) is 3.79. The molecule has 134 valence electrons. The van der Waals surface area contributed by atoms with Gasteiger partial charge in [-0.25, -0.2) is 4.98 Å². The molecule has 3 rings (SSSR count). The van der Waals surface area contributed by atoms with Crippen molar-refractivity contribution in [1.82, 2.24) is 4.98 Å². The van der Waals surface area contributed by atoms with Crippen LogP contribution in [-0.4, -0.2) is 17.2 Å². The van der Waals surface area contributed by atoms with Crippen LogP contribution in [0.4, 0.5) is 0 Å². The molecular formula is C23H25NO2. The number of nitrogens with zero attached hydrogens (tertiary/aromatic N) is 1. The fraction of sp³-hybridized carbons (Fsp3) is 0.261. The Kier molecular flexibility index (Phi) is 5.57. The van der Waals surface area contributed by atoms with E-state index in [9.17, 15) is 0 Å². The van der Waals surface area contributed by atoms with Crippen LogP contribution in [0.2, 0.25) is 0 Å². The molecular weight excluding hydrogens is 322 g/mol. The van der Waals surface area contributed by atoms with Crippen molar-refractivity contribution < 1.29 is 9.47 Å². The summed E-state index contributed by atoms with van der Waals surface area (Å²) >= 11 is 0. The summed E-state index contributed by atoms with van der Waals surface area (Å²) in [5, 5.41) is 0. The average Bonchev–Trinajstić information content (AvgIpc) is 2.62. The number of benzene rings is 2. The number of hydrogen-bond acceptors (Lipinski definition) is 3. The monoisotopic (exact) mass is 347 g/mol. The molecule has 0 saturated carbocycles. The normalized spacial score (nSPS) is 11.0. The summed E-state index contributed by atoms with van der Waals surface area (Å²) in [6.45, 7) is 8.10. The summed E-state index contributed by atoms with van der Waals surface area (Å²) in [5.74, 6) is 1.75. The van der Waals surface area contributed by atoms with Gasteiger partial charge in [-0.1, -0.05) is 6.07 Å². The lowest BCUT2D eigenvalue weighted by atomic mass is 10.1. The molecule has 0 radical (unpaired) electrons. The third kappa shape index (κ3) is 4.63. The zero-order chi connectivity index (χ0) is 18.5. The summed E-state index contributed by atoms with van der Waals surface area (Å²) in [6.07, 6.45) is 0.342. The van der Waals surface area contributed by atoms with Crippen molar-refractivity contribution >= 4 is 0 Å². The molecule has 3 heteroatoms. The van der Waals surface area contributed by atoms with Gasteiger partial charge in [-0.15, -0.1) is 0 Å². The van der Waals surface area contributed by atoms with E-state index in [0.29, 0.717) is 0 Å². The van der Waals surface area contributed by atoms with Gasteiger partial charge in [0.25, 0.3) is 0 Å². The second-order valence-electron chi connectivity index (χ2n) is 6.79. The van der Waals surface area contributed by atoms with Gasteiger partial charge in [0.05, 0.1) is 23.6 Å². The van der Waals surface area contributed by atoms with Crippen LogP contribution in [0.5, 0.6) is 11.5 Å². The minimum absolute atomic E-state index is 0.171. The minimum atomic E-state index is 0.171. The maximum absolute atomic E-state index is 5.70. The maximum Gasteiger partial charge on any atom is 0.119 e. The number of ether oxygens (including phenoxy) is 2. The van der Waals surface area contributed by atoms with Gasteiger partial charge in [-0.2, -0.15) is 0 Å². The zero-order valence-electron chi connectivity index (χ0n) is 15.8. The SMILES string of the molecule is CC(C)Oc1ccc(-c2cccc(-c3ccc(OC(C)C)cc3)n2)cc1. The molecule has 0 bridgehead atoms. The van der Waals surface area contributed by atoms with Crippen LogP contribution in [0.1, 0.15) is 27.7 Å². The van der Waals surface area contributed by atoms with Crippen molar-refractivity contribution in [2.75, 3.05) is 0 Å². The van der Waals surface area contributed by atoms with Crippen LogP contribution < -0.4 is 9.47 Å². The molecule has 0 atom stereocenters. The third-order valence-electron chi connectivity index (χ3n) is 3.79. The van der Waals surface area contributed by atoms with Crippen LogP contribution in [0.15, 0.2) is 66.7 Å². The van der Waals surface area contributed by atoms with Crippen molar-refractivity contribution in [2.24, 2.45) is 0 Å². The molecule has 0 N–H and O–H groups in total. The number of aromatic nitrogens is 1. The quantitative estimate of drug-likeness (QED) is 0.549. The molecule has 2 aromatic carbocycles. The number of hydrogen-bond donors (Lipinski definition) is 0. The molecule has 3 nitrogen and oxygen atoms in total. The van der Waals surface area contributed by atoms with Crippen LogP contribution >= 0.6 is 0 Å². The lowest BCUT2D eigenvalue weighted by Gasteiger charge is -2.11. The van der Waals surface area contributed by atoms with Gasteiger partial charge in [0.1, 0.15) is 11.5 Å². The van der Waals surface area contributed by atoms with E-state index in [-0.39, 0.29) is 12.2 Å². The lowest BCUT2D eigenvalue weighted by Crippen LogP contribution is -2.05. The first kappa shape index (κ1) is 18.0. The van der Waals surface area contributed by atoms with Gasteiger partial charge in [-0.05, 0) is 88.4 Å². The van der Waals surface area contributed by atoms with E-state index in [1.807, 2.05) is 94.4 Å². The molecule has 3 aromatic rings. The van der Waals surface area contributed by atoms with E-state index < -0.39 is 0 Å². The second-order valence-corrected chi connectivity index (χ2v) is 6.79. The lowest BCUT2D eigenvalue weighted by molar-refractivity contribution is 0.242. The molecule has 1 heterocycles. The first-order chi connectivity index (χ1) is 12.5. The molecule has 26 heavy (non-hydrogen) atoms. The van der Waals surface area contributed by atoms with Gasteiger partial charge < -0.3 is 9.47 Å². The first-order valence-corrected chi connectivity index (χ1v) is 9.02. The topological polar surface area (TPSA) is 31.4 Å². The Morgan fingerprint density at radius 2 is 0.962 bits per heavy atom. The summed E-state index contributed by atoms with van der Waals surface area (Å²) in [6, 6.07) is 22.2. The van der Waals surface area contributed by atoms with E-state index in [4.69, 9.17) is 14.5 Å². The zero-order valence-corrected chi connectivity index (χ0v) is 15.8. The summed E-state index contributed by atoms with van der Waals surface area (Å²) in [4.78, 5) is 4.81. The largest absolute Gasteiger partial charge is 0.491 e. The smallest absolute Gasteiger partial charge is 0.119 e. The Bertz CT molecular complexity index is 768. The predicted molar refractivity (Wildman–Crippen MR) is 107 cm³/mol. The predicted octanol–water partition coefficient (Wildman–Crippen LogP) is 5.99. The van der Waals surface area contributed by atoms with Crippen LogP contribution in [0, 0.1) is 0 Å². The van der Waals surface area contributed by atoms with Gasteiger partial charge in [0.15, 0.2) is 0 Å². The first-order valence-electron chi connectivity index (χ1n) is 9.02. The molecule has 0 fully saturated rings. The molecule has 0 aliphatic rings. The Balaban J connectivity index is 1.81. The van der Waals surface area contributed by atoms with E-state index in [2.05, 4.69) is 0 Å². The van der Waals surface area contributed by atoms with Gasteiger partial charge in [0, 0.05) is 11.1 Å². The standard InChI is InChI=1S/C23H25NO2/c1-16(2)25-20-12-8-18(9-13-20)22-6-5-7-23(24-22)19-10-14-21(15-11-19)26-17(3)4/h5-17H,1-4H3. The molecule has 0 saturated heterocycles.